The Labute approximate surface area is 206 Å². The molecule has 0 spiro atoms. The molecular formula is C22H32N6O8. The molecule has 5 atom stereocenters. The highest BCUT2D eigenvalue weighted by molar-refractivity contribution is 5.96. The SMILES string of the molecule is CC(O)C(NC(=O)C(CC(N)=O)NC(=O)C(Cc1ccccc1)NC(=O)C(N)CCC(N)=O)C(=O)O. The van der Waals surface area contributed by atoms with Gasteiger partial charge in [0, 0.05) is 12.8 Å². The Morgan fingerprint density at radius 3 is 1.92 bits per heavy atom. The smallest absolute Gasteiger partial charge is 0.328 e. The molecule has 198 valence electrons. The highest BCUT2D eigenvalue weighted by Crippen LogP contribution is 2.06. The van der Waals surface area contributed by atoms with Crippen molar-refractivity contribution in [2.75, 3.05) is 0 Å². The molecule has 5 unspecified atom stereocenters. The number of carboxylic acid groups (broad SMARTS) is 1. The van der Waals surface area contributed by atoms with E-state index in [2.05, 4.69) is 10.6 Å². The number of amides is 5. The van der Waals surface area contributed by atoms with Crippen molar-refractivity contribution in [2.45, 2.75) is 62.9 Å². The first-order chi connectivity index (χ1) is 16.8. The number of aliphatic hydroxyl groups is 1. The third-order valence-electron chi connectivity index (χ3n) is 5.04. The highest BCUT2D eigenvalue weighted by atomic mass is 16.4. The standard InChI is InChI=1S/C22H32N6O8/c1-11(29)18(22(35)36)28-21(34)15(10-17(25)31)27-20(33)14(9-12-5-3-2-4-6-12)26-19(32)13(23)7-8-16(24)30/h2-6,11,13-15,18,29H,7-10,23H2,1H3,(H2,24,30)(H2,25,31)(H,26,32)(H,27,33)(H,28,34)(H,35,36). The lowest BCUT2D eigenvalue weighted by Gasteiger charge is -2.25. The van der Waals surface area contributed by atoms with Gasteiger partial charge in [-0.15, -0.1) is 0 Å². The molecule has 14 heteroatoms. The molecule has 0 heterocycles. The zero-order chi connectivity index (χ0) is 27.4. The van der Waals surface area contributed by atoms with E-state index in [-0.39, 0.29) is 19.3 Å². The molecule has 0 aliphatic rings. The largest absolute Gasteiger partial charge is 0.480 e. The topological polar surface area (TPSA) is 257 Å². The van der Waals surface area contributed by atoms with E-state index >= 15 is 0 Å². The van der Waals surface area contributed by atoms with Crippen molar-refractivity contribution in [1.82, 2.24) is 16.0 Å². The van der Waals surface area contributed by atoms with Gasteiger partial charge in [-0.05, 0) is 18.9 Å². The van der Waals surface area contributed by atoms with Gasteiger partial charge in [-0.1, -0.05) is 30.3 Å². The van der Waals surface area contributed by atoms with E-state index in [0.717, 1.165) is 6.92 Å². The van der Waals surface area contributed by atoms with Crippen LogP contribution in [0, 0.1) is 0 Å². The number of aliphatic carboxylic acids is 1. The molecular weight excluding hydrogens is 476 g/mol. The number of carboxylic acids is 1. The van der Waals surface area contributed by atoms with Crippen molar-refractivity contribution in [2.24, 2.45) is 17.2 Å². The quantitative estimate of drug-likeness (QED) is 0.117. The Bertz CT molecular complexity index is 955. The maximum absolute atomic E-state index is 13.1. The third kappa shape index (κ3) is 10.5. The van der Waals surface area contributed by atoms with Gasteiger partial charge >= 0.3 is 5.97 Å². The predicted octanol–water partition coefficient (Wildman–Crippen LogP) is -3.38. The lowest BCUT2D eigenvalue weighted by Crippen LogP contribution is -2.59. The zero-order valence-corrected chi connectivity index (χ0v) is 19.7. The Kier molecular flexibility index (Phi) is 12.0. The van der Waals surface area contributed by atoms with Crippen LogP contribution in [0.5, 0.6) is 0 Å². The summed E-state index contributed by atoms with van der Waals surface area (Å²) < 4.78 is 0. The van der Waals surface area contributed by atoms with E-state index in [0.29, 0.717) is 5.56 Å². The van der Waals surface area contributed by atoms with Gasteiger partial charge in [0.15, 0.2) is 6.04 Å². The lowest BCUT2D eigenvalue weighted by molar-refractivity contribution is -0.145. The first-order valence-corrected chi connectivity index (χ1v) is 11.0. The number of hydrogen-bond acceptors (Lipinski definition) is 8. The van der Waals surface area contributed by atoms with Crippen LogP contribution in [0.2, 0.25) is 0 Å². The molecule has 0 bridgehead atoms. The summed E-state index contributed by atoms with van der Waals surface area (Å²) in [6.07, 6.45) is -2.42. The van der Waals surface area contributed by atoms with Gasteiger partial charge in [0.25, 0.3) is 0 Å². The molecule has 0 aromatic heterocycles. The van der Waals surface area contributed by atoms with Crippen LogP contribution in [0.3, 0.4) is 0 Å². The number of aliphatic hydroxyl groups excluding tert-OH is 1. The minimum absolute atomic E-state index is 0.0305. The number of rotatable bonds is 15. The number of primary amides is 2. The van der Waals surface area contributed by atoms with Crippen molar-refractivity contribution >= 4 is 35.5 Å². The Hall–Kier alpha value is -4.04. The fraction of sp³-hybridized carbons (Fsp3) is 0.455. The minimum Gasteiger partial charge on any atom is -0.480 e. The number of nitrogens with two attached hydrogens (primary N) is 3. The predicted molar refractivity (Wildman–Crippen MR) is 125 cm³/mol. The van der Waals surface area contributed by atoms with E-state index in [9.17, 15) is 39.0 Å². The summed E-state index contributed by atoms with van der Waals surface area (Å²) in [5.41, 5.74) is 16.7. The van der Waals surface area contributed by atoms with E-state index in [1.165, 1.54) is 0 Å². The van der Waals surface area contributed by atoms with E-state index < -0.39 is 72.2 Å². The van der Waals surface area contributed by atoms with Gasteiger partial charge in [0.2, 0.25) is 29.5 Å². The van der Waals surface area contributed by atoms with Crippen LogP contribution in [-0.4, -0.2) is 76.0 Å². The maximum atomic E-state index is 13.1. The average Bonchev–Trinajstić information content (AvgIpc) is 2.79. The molecule has 11 N–H and O–H groups in total. The molecule has 0 aliphatic heterocycles. The van der Waals surface area contributed by atoms with Crippen molar-refractivity contribution < 1.29 is 39.0 Å². The van der Waals surface area contributed by atoms with Crippen molar-refractivity contribution in [3.63, 3.8) is 0 Å². The van der Waals surface area contributed by atoms with E-state index in [1.54, 1.807) is 30.3 Å². The summed E-state index contributed by atoms with van der Waals surface area (Å²) in [5, 5.41) is 25.6. The molecule has 0 fully saturated rings. The molecule has 0 saturated heterocycles. The second kappa shape index (κ2) is 14.4. The Morgan fingerprint density at radius 2 is 1.42 bits per heavy atom. The van der Waals surface area contributed by atoms with Gasteiger partial charge < -0.3 is 43.4 Å². The normalized spacial score (nSPS) is 14.9. The fourth-order valence-corrected chi connectivity index (χ4v) is 3.09. The Balaban J connectivity index is 3.10. The fourth-order valence-electron chi connectivity index (χ4n) is 3.09. The lowest BCUT2D eigenvalue weighted by atomic mass is 10.0. The zero-order valence-electron chi connectivity index (χ0n) is 19.7. The molecule has 0 radical (unpaired) electrons. The summed E-state index contributed by atoms with van der Waals surface area (Å²) in [6.45, 7) is 1.13. The molecule has 0 saturated carbocycles. The molecule has 14 nitrogen and oxygen atoms in total. The summed E-state index contributed by atoms with van der Waals surface area (Å²) >= 11 is 0. The maximum Gasteiger partial charge on any atom is 0.328 e. The minimum atomic E-state index is -1.71. The van der Waals surface area contributed by atoms with Gasteiger partial charge in [0.1, 0.15) is 12.1 Å². The van der Waals surface area contributed by atoms with Crippen LogP contribution >= 0.6 is 0 Å². The van der Waals surface area contributed by atoms with Gasteiger partial charge in [-0.2, -0.15) is 0 Å². The summed E-state index contributed by atoms with van der Waals surface area (Å²) in [6, 6.07) is 2.78. The third-order valence-corrected chi connectivity index (χ3v) is 5.04. The van der Waals surface area contributed by atoms with Crippen molar-refractivity contribution in [3.8, 4) is 0 Å². The van der Waals surface area contributed by atoms with Gasteiger partial charge in [0.05, 0.1) is 18.6 Å². The van der Waals surface area contributed by atoms with Crippen LogP contribution in [0.25, 0.3) is 0 Å². The number of carbonyl (C=O) groups excluding carboxylic acids is 5. The van der Waals surface area contributed by atoms with Gasteiger partial charge in [-0.3, -0.25) is 24.0 Å². The van der Waals surface area contributed by atoms with E-state index in [1.807, 2.05) is 5.32 Å². The number of hydrogen-bond donors (Lipinski definition) is 8. The summed E-state index contributed by atoms with van der Waals surface area (Å²) in [4.78, 5) is 72.0. The number of carbonyl (C=O) groups is 6. The molecule has 36 heavy (non-hydrogen) atoms. The van der Waals surface area contributed by atoms with Crippen LogP contribution in [0.15, 0.2) is 30.3 Å². The molecule has 1 aromatic carbocycles. The molecule has 1 rings (SSSR count). The second-order valence-corrected chi connectivity index (χ2v) is 8.16. The Morgan fingerprint density at radius 1 is 0.861 bits per heavy atom. The summed E-state index contributed by atoms with van der Waals surface area (Å²) in [5.74, 6) is -5.91. The first kappa shape index (κ1) is 30.0. The van der Waals surface area contributed by atoms with Crippen LogP contribution < -0.4 is 33.2 Å². The highest BCUT2D eigenvalue weighted by Gasteiger charge is 2.32. The molecule has 5 amide bonds. The first-order valence-electron chi connectivity index (χ1n) is 11.0. The number of nitrogens with one attached hydrogen (secondary N) is 3. The second-order valence-electron chi connectivity index (χ2n) is 8.16. The molecule has 0 aliphatic carbocycles. The van der Waals surface area contributed by atoms with Crippen LogP contribution in [0.4, 0.5) is 0 Å². The monoisotopic (exact) mass is 508 g/mol. The van der Waals surface area contributed by atoms with E-state index in [4.69, 9.17) is 17.2 Å². The number of benzene rings is 1. The van der Waals surface area contributed by atoms with Crippen LogP contribution in [-0.2, 0) is 35.2 Å². The van der Waals surface area contributed by atoms with Crippen molar-refractivity contribution in [3.05, 3.63) is 35.9 Å². The molecule has 1 aromatic rings. The van der Waals surface area contributed by atoms with Gasteiger partial charge in [-0.25, -0.2) is 4.79 Å². The van der Waals surface area contributed by atoms with Crippen molar-refractivity contribution in [1.29, 1.82) is 0 Å². The summed E-state index contributed by atoms with van der Waals surface area (Å²) in [7, 11) is 0. The van der Waals surface area contributed by atoms with Crippen LogP contribution in [0.1, 0.15) is 31.7 Å². The average molecular weight is 509 g/mol.